The van der Waals surface area contributed by atoms with Crippen LogP contribution in [0.15, 0.2) is 4.42 Å². The molecule has 0 aliphatic carbocycles. The molecule has 0 saturated carbocycles. The fourth-order valence-corrected chi connectivity index (χ4v) is 0.932. The van der Waals surface area contributed by atoms with E-state index < -0.39 is 0 Å². The number of aromatic nitrogens is 2. The lowest BCUT2D eigenvalue weighted by atomic mass is 10.2. The van der Waals surface area contributed by atoms with Crippen LogP contribution in [-0.4, -0.2) is 15.8 Å². The fraction of sp³-hybridized carbons (Fsp3) is 0.714. The fourth-order valence-electron chi connectivity index (χ4n) is 0.570. The molecular formula is C7H11IN2O2. The van der Waals surface area contributed by atoms with Crippen molar-refractivity contribution in [1.29, 1.82) is 0 Å². The van der Waals surface area contributed by atoms with Crippen LogP contribution < -0.4 is 0 Å². The van der Waals surface area contributed by atoms with Crippen LogP contribution in [0.1, 0.15) is 26.7 Å². The molecular weight excluding hydrogens is 271 g/mol. The first-order valence-electron chi connectivity index (χ1n) is 3.59. The molecule has 1 aromatic rings. The molecule has 0 bridgehead atoms. The summed E-state index contributed by atoms with van der Waals surface area (Å²) in [5.41, 5.74) is -0.167. The third-order valence-corrected chi connectivity index (χ3v) is 1.51. The van der Waals surface area contributed by atoms with E-state index in [1.165, 1.54) is 0 Å². The Kier molecular flexibility index (Phi) is 3.05. The second-order valence-electron chi connectivity index (χ2n) is 3.35. The maximum Gasteiger partial charge on any atom is 0.278 e. The van der Waals surface area contributed by atoms with E-state index in [4.69, 9.17) is 9.15 Å². The van der Waals surface area contributed by atoms with Gasteiger partial charge in [-0.15, -0.1) is 10.2 Å². The predicted molar refractivity (Wildman–Crippen MR) is 51.6 cm³/mol. The zero-order chi connectivity index (χ0) is 9.19. The van der Waals surface area contributed by atoms with E-state index in [9.17, 15) is 0 Å². The van der Waals surface area contributed by atoms with Gasteiger partial charge in [0.1, 0.15) is 6.61 Å². The number of nitrogens with zero attached hydrogens (tertiary/aromatic N) is 2. The number of ether oxygens (including phenoxy) is 1. The average molecular weight is 282 g/mol. The molecule has 0 aromatic carbocycles. The molecule has 0 saturated heterocycles. The Hall–Kier alpha value is -0.170. The topological polar surface area (TPSA) is 48.2 Å². The summed E-state index contributed by atoms with van der Waals surface area (Å²) in [7, 11) is 0. The van der Waals surface area contributed by atoms with E-state index >= 15 is 0 Å². The Morgan fingerprint density at radius 3 is 2.50 bits per heavy atom. The molecule has 0 aliphatic rings. The standard InChI is InChI=1S/C7H11IN2O2/c1-7(2,3)11-4-5-9-10-6(8)12-5/h4H2,1-3H3. The first kappa shape index (κ1) is 9.91. The molecule has 1 heterocycles. The molecule has 1 aromatic heterocycles. The molecule has 0 fully saturated rings. The van der Waals surface area contributed by atoms with E-state index in [1.54, 1.807) is 0 Å². The van der Waals surface area contributed by atoms with Crippen LogP contribution in [0.2, 0.25) is 0 Å². The van der Waals surface area contributed by atoms with Crippen LogP contribution in [0.3, 0.4) is 0 Å². The van der Waals surface area contributed by atoms with Crippen LogP contribution in [0.5, 0.6) is 0 Å². The Morgan fingerprint density at radius 2 is 2.08 bits per heavy atom. The van der Waals surface area contributed by atoms with Crippen LogP contribution in [0.4, 0.5) is 0 Å². The molecule has 5 heteroatoms. The van der Waals surface area contributed by atoms with Crippen molar-refractivity contribution < 1.29 is 9.15 Å². The highest BCUT2D eigenvalue weighted by Gasteiger charge is 2.12. The Bertz CT molecular complexity index is 254. The number of halogens is 1. The molecule has 0 atom stereocenters. The zero-order valence-corrected chi connectivity index (χ0v) is 9.45. The van der Waals surface area contributed by atoms with E-state index in [2.05, 4.69) is 10.2 Å². The summed E-state index contributed by atoms with van der Waals surface area (Å²) in [5, 5.41) is 7.48. The quantitative estimate of drug-likeness (QED) is 0.778. The van der Waals surface area contributed by atoms with Crippen molar-refractivity contribution in [3.63, 3.8) is 0 Å². The van der Waals surface area contributed by atoms with Crippen LogP contribution in [0.25, 0.3) is 0 Å². The van der Waals surface area contributed by atoms with Gasteiger partial charge in [-0.3, -0.25) is 0 Å². The van der Waals surface area contributed by atoms with Gasteiger partial charge in [-0.05, 0) is 20.8 Å². The van der Waals surface area contributed by atoms with E-state index in [1.807, 2.05) is 43.4 Å². The van der Waals surface area contributed by atoms with Gasteiger partial charge in [0.2, 0.25) is 5.89 Å². The third-order valence-electron chi connectivity index (χ3n) is 1.07. The van der Waals surface area contributed by atoms with Crippen molar-refractivity contribution in [1.82, 2.24) is 10.2 Å². The SMILES string of the molecule is CC(C)(C)OCc1nnc(I)o1. The maximum atomic E-state index is 5.43. The summed E-state index contributed by atoms with van der Waals surface area (Å²) in [6.07, 6.45) is 0. The summed E-state index contributed by atoms with van der Waals surface area (Å²) in [5.74, 6) is 0.523. The highest BCUT2D eigenvalue weighted by atomic mass is 127. The van der Waals surface area contributed by atoms with Gasteiger partial charge < -0.3 is 9.15 Å². The van der Waals surface area contributed by atoms with Crippen molar-refractivity contribution >= 4 is 22.6 Å². The first-order chi connectivity index (χ1) is 5.47. The van der Waals surface area contributed by atoms with Gasteiger partial charge in [0.05, 0.1) is 5.60 Å². The minimum Gasteiger partial charge on any atom is -0.414 e. The van der Waals surface area contributed by atoms with Crippen molar-refractivity contribution in [2.24, 2.45) is 0 Å². The Morgan fingerprint density at radius 1 is 1.42 bits per heavy atom. The average Bonchev–Trinajstić information content (AvgIpc) is 2.30. The monoisotopic (exact) mass is 282 g/mol. The highest BCUT2D eigenvalue weighted by molar-refractivity contribution is 14.1. The number of rotatable bonds is 2. The van der Waals surface area contributed by atoms with Gasteiger partial charge in [-0.2, -0.15) is 0 Å². The molecule has 12 heavy (non-hydrogen) atoms. The normalized spacial score (nSPS) is 12.0. The second-order valence-corrected chi connectivity index (χ2v) is 4.27. The minimum atomic E-state index is -0.167. The largest absolute Gasteiger partial charge is 0.414 e. The lowest BCUT2D eigenvalue weighted by Crippen LogP contribution is -2.18. The Labute approximate surface area is 84.8 Å². The summed E-state index contributed by atoms with van der Waals surface area (Å²) in [6.45, 7) is 6.32. The van der Waals surface area contributed by atoms with Crippen LogP contribution in [-0.2, 0) is 11.3 Å². The molecule has 0 radical (unpaired) electrons. The molecule has 0 aliphatic heterocycles. The predicted octanol–water partition coefficient (Wildman–Crippen LogP) is 1.99. The van der Waals surface area contributed by atoms with Gasteiger partial charge in [0, 0.05) is 22.6 Å². The van der Waals surface area contributed by atoms with Crippen molar-refractivity contribution in [2.75, 3.05) is 0 Å². The molecule has 0 amide bonds. The van der Waals surface area contributed by atoms with Crippen molar-refractivity contribution in [2.45, 2.75) is 33.0 Å². The van der Waals surface area contributed by atoms with Gasteiger partial charge in [0.25, 0.3) is 3.90 Å². The van der Waals surface area contributed by atoms with Crippen molar-refractivity contribution in [3.8, 4) is 0 Å². The summed E-state index contributed by atoms with van der Waals surface area (Å²) in [6, 6.07) is 0. The maximum absolute atomic E-state index is 5.43. The highest BCUT2D eigenvalue weighted by Crippen LogP contribution is 2.11. The van der Waals surface area contributed by atoms with Gasteiger partial charge in [-0.25, -0.2) is 0 Å². The van der Waals surface area contributed by atoms with Gasteiger partial charge in [-0.1, -0.05) is 0 Å². The van der Waals surface area contributed by atoms with Crippen LogP contribution >= 0.6 is 22.6 Å². The summed E-state index contributed by atoms with van der Waals surface area (Å²) in [4.78, 5) is 0. The first-order valence-corrected chi connectivity index (χ1v) is 4.67. The summed E-state index contributed by atoms with van der Waals surface area (Å²) >= 11 is 1.97. The van der Waals surface area contributed by atoms with E-state index in [-0.39, 0.29) is 5.60 Å². The molecule has 4 nitrogen and oxygen atoms in total. The number of hydrogen-bond donors (Lipinski definition) is 0. The molecule has 1 rings (SSSR count). The number of hydrogen-bond acceptors (Lipinski definition) is 4. The second kappa shape index (κ2) is 3.69. The summed E-state index contributed by atoms with van der Waals surface area (Å²) < 4.78 is 11.1. The lowest BCUT2D eigenvalue weighted by Gasteiger charge is -2.17. The van der Waals surface area contributed by atoms with Crippen molar-refractivity contribution in [3.05, 3.63) is 9.79 Å². The third kappa shape index (κ3) is 3.48. The molecule has 68 valence electrons. The van der Waals surface area contributed by atoms with Gasteiger partial charge in [0.15, 0.2) is 0 Å². The van der Waals surface area contributed by atoms with E-state index in [0.29, 0.717) is 16.4 Å². The molecule has 0 spiro atoms. The van der Waals surface area contributed by atoms with Gasteiger partial charge >= 0.3 is 0 Å². The minimum absolute atomic E-state index is 0.167. The zero-order valence-electron chi connectivity index (χ0n) is 7.30. The lowest BCUT2D eigenvalue weighted by molar-refractivity contribution is -0.0246. The molecule has 0 unspecified atom stereocenters. The molecule has 0 N–H and O–H groups in total. The smallest absolute Gasteiger partial charge is 0.278 e. The Balaban J connectivity index is 2.44. The van der Waals surface area contributed by atoms with E-state index in [0.717, 1.165) is 0 Å². The van der Waals surface area contributed by atoms with Crippen LogP contribution in [0, 0.1) is 3.90 Å².